The lowest BCUT2D eigenvalue weighted by Crippen LogP contribution is -2.17. The van der Waals surface area contributed by atoms with Crippen molar-refractivity contribution in [1.29, 1.82) is 0 Å². The first-order chi connectivity index (χ1) is 14.1. The van der Waals surface area contributed by atoms with E-state index in [2.05, 4.69) is 17.0 Å². The highest BCUT2D eigenvalue weighted by molar-refractivity contribution is 7.92. The van der Waals surface area contributed by atoms with E-state index in [0.29, 0.717) is 12.1 Å². The standard InChI is InChI=1S/C21H28N2O5S2/c1-3-4-5-6-9-16-30(27,28)18-14-12-17(13-15-18)22-21(24)19-10-7-8-11-20(19)23-29(2,25)26/h7-8,10-15,23H,3-6,9,16H2,1-2H3,(H,22,24). The van der Waals surface area contributed by atoms with E-state index in [9.17, 15) is 21.6 Å². The Kier molecular flexibility index (Phi) is 8.43. The van der Waals surface area contributed by atoms with Crippen LogP contribution in [0.15, 0.2) is 53.4 Å². The van der Waals surface area contributed by atoms with Crippen molar-refractivity contribution in [3.63, 3.8) is 0 Å². The first-order valence-corrected chi connectivity index (χ1v) is 13.4. The molecule has 2 aromatic carbocycles. The van der Waals surface area contributed by atoms with Crippen molar-refractivity contribution in [1.82, 2.24) is 0 Å². The third-order valence-corrected chi connectivity index (χ3v) is 6.86. The summed E-state index contributed by atoms with van der Waals surface area (Å²) in [6.07, 6.45) is 5.77. The van der Waals surface area contributed by atoms with Crippen LogP contribution in [0.4, 0.5) is 11.4 Å². The lowest BCUT2D eigenvalue weighted by Gasteiger charge is -2.11. The van der Waals surface area contributed by atoms with Crippen LogP contribution in [0, 0.1) is 0 Å². The molecule has 0 aliphatic heterocycles. The van der Waals surface area contributed by atoms with Crippen LogP contribution in [0.2, 0.25) is 0 Å². The first-order valence-electron chi connectivity index (χ1n) is 9.83. The normalized spacial score (nSPS) is 11.8. The van der Waals surface area contributed by atoms with Crippen LogP contribution in [0.5, 0.6) is 0 Å². The van der Waals surface area contributed by atoms with Crippen molar-refractivity contribution < 1.29 is 21.6 Å². The average molecular weight is 453 g/mol. The third-order valence-electron chi connectivity index (χ3n) is 4.45. The fraction of sp³-hybridized carbons (Fsp3) is 0.381. The van der Waals surface area contributed by atoms with Gasteiger partial charge in [-0.05, 0) is 42.8 Å². The molecule has 1 amide bonds. The number of sulfonamides is 1. The summed E-state index contributed by atoms with van der Waals surface area (Å²) in [5, 5.41) is 2.66. The van der Waals surface area contributed by atoms with E-state index in [1.807, 2.05) is 0 Å². The van der Waals surface area contributed by atoms with Gasteiger partial charge in [0.1, 0.15) is 0 Å². The molecule has 0 unspecified atom stereocenters. The Balaban J connectivity index is 2.05. The summed E-state index contributed by atoms with van der Waals surface area (Å²) in [6, 6.07) is 12.2. The zero-order chi connectivity index (χ0) is 22.2. The van der Waals surface area contributed by atoms with E-state index in [4.69, 9.17) is 0 Å². The third kappa shape index (κ3) is 7.46. The van der Waals surface area contributed by atoms with Gasteiger partial charge in [-0.1, -0.05) is 44.7 Å². The molecule has 2 aromatic rings. The van der Waals surface area contributed by atoms with E-state index < -0.39 is 25.8 Å². The molecule has 0 aliphatic carbocycles. The SMILES string of the molecule is CCCCCCCS(=O)(=O)c1ccc(NC(=O)c2ccccc2NS(C)(=O)=O)cc1. The number of hydrogen-bond acceptors (Lipinski definition) is 5. The van der Waals surface area contributed by atoms with Gasteiger partial charge in [0.05, 0.1) is 28.2 Å². The van der Waals surface area contributed by atoms with Crippen molar-refractivity contribution in [3.05, 3.63) is 54.1 Å². The van der Waals surface area contributed by atoms with Crippen LogP contribution >= 0.6 is 0 Å². The number of benzene rings is 2. The van der Waals surface area contributed by atoms with Crippen LogP contribution in [0.3, 0.4) is 0 Å². The van der Waals surface area contributed by atoms with Gasteiger partial charge in [0, 0.05) is 5.69 Å². The monoisotopic (exact) mass is 452 g/mol. The molecule has 0 spiro atoms. The van der Waals surface area contributed by atoms with E-state index in [1.54, 1.807) is 12.1 Å². The van der Waals surface area contributed by atoms with Gasteiger partial charge in [-0.25, -0.2) is 16.8 Å². The van der Waals surface area contributed by atoms with Gasteiger partial charge < -0.3 is 5.32 Å². The molecular weight excluding hydrogens is 424 g/mol. The van der Waals surface area contributed by atoms with Gasteiger partial charge in [-0.15, -0.1) is 0 Å². The number of nitrogens with one attached hydrogen (secondary N) is 2. The lowest BCUT2D eigenvalue weighted by molar-refractivity contribution is 0.102. The lowest BCUT2D eigenvalue weighted by atomic mass is 10.1. The Bertz CT molecular complexity index is 1060. The van der Waals surface area contributed by atoms with Crippen molar-refractivity contribution in [2.75, 3.05) is 22.0 Å². The molecule has 0 radical (unpaired) electrons. The highest BCUT2D eigenvalue weighted by atomic mass is 32.2. The van der Waals surface area contributed by atoms with Gasteiger partial charge in [0.15, 0.2) is 9.84 Å². The Morgan fingerprint density at radius 1 is 0.867 bits per heavy atom. The molecule has 0 fully saturated rings. The maximum absolute atomic E-state index is 12.6. The number of para-hydroxylation sites is 1. The molecular formula is C21H28N2O5S2. The molecule has 0 heterocycles. The zero-order valence-corrected chi connectivity index (χ0v) is 18.9. The molecule has 0 aromatic heterocycles. The van der Waals surface area contributed by atoms with Gasteiger partial charge in [0.25, 0.3) is 5.91 Å². The van der Waals surface area contributed by atoms with E-state index in [0.717, 1.165) is 31.9 Å². The van der Waals surface area contributed by atoms with Gasteiger partial charge >= 0.3 is 0 Å². The molecule has 0 atom stereocenters. The maximum Gasteiger partial charge on any atom is 0.257 e. The zero-order valence-electron chi connectivity index (χ0n) is 17.2. The summed E-state index contributed by atoms with van der Waals surface area (Å²) in [5.74, 6) is -0.402. The smallest absolute Gasteiger partial charge is 0.257 e. The van der Waals surface area contributed by atoms with E-state index in [1.165, 1.54) is 36.4 Å². The summed E-state index contributed by atoms with van der Waals surface area (Å²) in [4.78, 5) is 12.8. The van der Waals surface area contributed by atoms with Crippen LogP contribution in [0.1, 0.15) is 49.4 Å². The summed E-state index contributed by atoms with van der Waals surface area (Å²) in [5.41, 5.74) is 0.738. The van der Waals surface area contributed by atoms with Gasteiger partial charge in [-0.3, -0.25) is 9.52 Å². The van der Waals surface area contributed by atoms with Crippen molar-refractivity contribution in [2.45, 2.75) is 43.9 Å². The van der Waals surface area contributed by atoms with Crippen LogP contribution in [-0.4, -0.2) is 34.8 Å². The summed E-state index contributed by atoms with van der Waals surface area (Å²) < 4.78 is 50.2. The topological polar surface area (TPSA) is 109 Å². The van der Waals surface area contributed by atoms with Gasteiger partial charge in [-0.2, -0.15) is 0 Å². The van der Waals surface area contributed by atoms with Crippen molar-refractivity contribution in [3.8, 4) is 0 Å². The number of anilines is 2. The number of carbonyl (C=O) groups is 1. The summed E-state index contributed by atoms with van der Waals surface area (Å²) in [6.45, 7) is 2.11. The molecule has 0 saturated heterocycles. The van der Waals surface area contributed by atoms with Crippen molar-refractivity contribution >= 4 is 37.1 Å². The van der Waals surface area contributed by atoms with Gasteiger partial charge in [0.2, 0.25) is 10.0 Å². The Morgan fingerprint density at radius 3 is 2.13 bits per heavy atom. The predicted molar refractivity (Wildman–Crippen MR) is 120 cm³/mol. The second-order valence-electron chi connectivity index (χ2n) is 7.13. The minimum atomic E-state index is -3.54. The number of carbonyl (C=O) groups excluding carboxylic acids is 1. The molecule has 2 N–H and O–H groups in total. The predicted octanol–water partition coefficient (Wildman–Crippen LogP) is 4.05. The molecule has 7 nitrogen and oxygen atoms in total. The highest BCUT2D eigenvalue weighted by Crippen LogP contribution is 2.20. The second-order valence-corrected chi connectivity index (χ2v) is 11.0. The molecule has 9 heteroatoms. The Labute approximate surface area is 178 Å². The minimum Gasteiger partial charge on any atom is -0.322 e. The van der Waals surface area contributed by atoms with E-state index in [-0.39, 0.29) is 21.9 Å². The average Bonchev–Trinajstić information content (AvgIpc) is 2.67. The quantitative estimate of drug-likeness (QED) is 0.500. The molecule has 0 bridgehead atoms. The molecule has 2 rings (SSSR count). The summed E-state index contributed by atoms with van der Waals surface area (Å²) >= 11 is 0. The Hall–Kier alpha value is -2.39. The summed E-state index contributed by atoms with van der Waals surface area (Å²) in [7, 11) is -6.90. The number of rotatable bonds is 11. The van der Waals surface area contributed by atoms with Crippen molar-refractivity contribution in [2.24, 2.45) is 0 Å². The maximum atomic E-state index is 12.6. The number of unbranched alkanes of at least 4 members (excludes halogenated alkanes) is 4. The molecule has 0 saturated carbocycles. The second kappa shape index (κ2) is 10.6. The number of hydrogen-bond donors (Lipinski definition) is 2. The Morgan fingerprint density at radius 2 is 1.50 bits per heavy atom. The largest absolute Gasteiger partial charge is 0.322 e. The van der Waals surface area contributed by atoms with Crippen LogP contribution in [0.25, 0.3) is 0 Å². The van der Waals surface area contributed by atoms with E-state index >= 15 is 0 Å². The number of sulfone groups is 1. The molecule has 164 valence electrons. The highest BCUT2D eigenvalue weighted by Gasteiger charge is 2.16. The van der Waals surface area contributed by atoms with Crippen LogP contribution in [-0.2, 0) is 19.9 Å². The molecule has 30 heavy (non-hydrogen) atoms. The fourth-order valence-electron chi connectivity index (χ4n) is 2.93. The fourth-order valence-corrected chi connectivity index (χ4v) is 4.88. The number of amides is 1. The first kappa shape index (κ1) is 23.9. The minimum absolute atomic E-state index is 0.104. The van der Waals surface area contributed by atoms with Crippen LogP contribution < -0.4 is 10.0 Å². The molecule has 0 aliphatic rings.